The molecule has 3 N–H and O–H groups in total. The minimum absolute atomic E-state index is 0.150. The van der Waals surface area contributed by atoms with Crippen molar-refractivity contribution in [3.05, 3.63) is 28.2 Å². The average Bonchev–Trinajstić information content (AvgIpc) is 2.91. The number of thiocarbonyl (C=S) groups is 1. The maximum atomic E-state index is 12.2. The van der Waals surface area contributed by atoms with Crippen molar-refractivity contribution in [1.82, 2.24) is 4.90 Å². The van der Waals surface area contributed by atoms with E-state index in [1.54, 1.807) is 0 Å². The maximum absolute atomic E-state index is 12.2. The van der Waals surface area contributed by atoms with E-state index in [9.17, 15) is 4.79 Å². The number of hydrogen-bond donors (Lipinski definition) is 2. The Bertz CT molecular complexity index is 529. The molecule has 1 aliphatic rings. The van der Waals surface area contributed by atoms with E-state index >= 15 is 0 Å². The van der Waals surface area contributed by atoms with Gasteiger partial charge in [-0.3, -0.25) is 4.79 Å². The van der Waals surface area contributed by atoms with Crippen molar-refractivity contribution in [3.8, 4) is 0 Å². The molecule has 1 aromatic rings. The molecule has 4 nitrogen and oxygen atoms in total. The van der Waals surface area contributed by atoms with Crippen LogP contribution in [0.15, 0.2) is 22.7 Å². The molecule has 108 valence electrons. The Labute approximate surface area is 132 Å². The highest BCUT2D eigenvalue weighted by Crippen LogP contribution is 2.22. The van der Waals surface area contributed by atoms with Crippen LogP contribution in [0.1, 0.15) is 25.3 Å². The predicted octanol–water partition coefficient (Wildman–Crippen LogP) is 2.51. The summed E-state index contributed by atoms with van der Waals surface area (Å²) in [6.45, 7) is 3.62. The maximum Gasteiger partial charge on any atom is 0.244 e. The van der Waals surface area contributed by atoms with Gasteiger partial charge in [-0.05, 0) is 53.9 Å². The first-order valence-electron chi connectivity index (χ1n) is 6.63. The molecule has 1 fully saturated rings. The molecule has 1 saturated heterocycles. The molecule has 0 saturated carbocycles. The molecular weight excluding hydrogens is 338 g/mol. The van der Waals surface area contributed by atoms with E-state index in [2.05, 4.69) is 21.2 Å². The Morgan fingerprint density at radius 1 is 1.45 bits per heavy atom. The lowest BCUT2D eigenvalue weighted by Crippen LogP contribution is -2.39. The van der Waals surface area contributed by atoms with Crippen molar-refractivity contribution in [2.45, 2.75) is 25.8 Å². The molecule has 1 atom stereocenters. The Kier molecular flexibility index (Phi) is 4.99. The van der Waals surface area contributed by atoms with Gasteiger partial charge in [-0.2, -0.15) is 0 Å². The molecule has 0 aliphatic carbocycles. The van der Waals surface area contributed by atoms with E-state index in [1.165, 1.54) is 0 Å². The van der Waals surface area contributed by atoms with E-state index in [1.807, 2.05) is 30.0 Å². The highest BCUT2D eigenvalue weighted by molar-refractivity contribution is 9.10. The van der Waals surface area contributed by atoms with E-state index in [0.717, 1.165) is 41.7 Å². The highest BCUT2D eigenvalue weighted by atomic mass is 79.9. The fraction of sp³-hybridized carbons (Fsp3) is 0.429. The first-order chi connectivity index (χ1) is 9.49. The van der Waals surface area contributed by atoms with Crippen molar-refractivity contribution in [2.75, 3.05) is 18.4 Å². The Hall–Kier alpha value is -1.14. The van der Waals surface area contributed by atoms with Crippen molar-refractivity contribution < 1.29 is 4.79 Å². The molecule has 1 heterocycles. The van der Waals surface area contributed by atoms with E-state index in [4.69, 9.17) is 18.0 Å². The lowest BCUT2D eigenvalue weighted by atomic mass is 10.2. The van der Waals surface area contributed by atoms with Crippen LogP contribution in [0.2, 0.25) is 0 Å². The molecular formula is C14H18BrN3OS. The van der Waals surface area contributed by atoms with E-state index in [-0.39, 0.29) is 11.9 Å². The SMILES string of the molecule is CC(Nc1ccc(C(N)=S)c(Br)c1)C(=O)N1CCCC1. The van der Waals surface area contributed by atoms with Crippen molar-refractivity contribution in [2.24, 2.45) is 5.73 Å². The number of nitrogens with two attached hydrogens (primary N) is 1. The molecule has 1 aromatic carbocycles. The van der Waals surface area contributed by atoms with Crippen LogP contribution >= 0.6 is 28.1 Å². The molecule has 20 heavy (non-hydrogen) atoms. The summed E-state index contributed by atoms with van der Waals surface area (Å²) < 4.78 is 0.829. The number of nitrogens with one attached hydrogen (secondary N) is 1. The minimum atomic E-state index is -0.240. The van der Waals surface area contributed by atoms with Crippen LogP contribution in [-0.2, 0) is 4.79 Å². The Morgan fingerprint density at radius 3 is 2.65 bits per heavy atom. The van der Waals surface area contributed by atoms with Crippen molar-refractivity contribution in [1.29, 1.82) is 0 Å². The van der Waals surface area contributed by atoms with Gasteiger partial charge in [0, 0.05) is 28.8 Å². The van der Waals surface area contributed by atoms with Gasteiger partial charge >= 0.3 is 0 Å². The van der Waals surface area contributed by atoms with Gasteiger partial charge in [0.05, 0.1) is 0 Å². The van der Waals surface area contributed by atoms with Crippen LogP contribution in [0.3, 0.4) is 0 Å². The number of anilines is 1. The van der Waals surface area contributed by atoms with E-state index in [0.29, 0.717) is 4.99 Å². The van der Waals surface area contributed by atoms with Crippen LogP contribution in [0.5, 0.6) is 0 Å². The zero-order valence-corrected chi connectivity index (χ0v) is 13.8. The first-order valence-corrected chi connectivity index (χ1v) is 7.84. The smallest absolute Gasteiger partial charge is 0.244 e. The van der Waals surface area contributed by atoms with Crippen molar-refractivity contribution >= 4 is 44.7 Å². The van der Waals surface area contributed by atoms with Gasteiger partial charge in [0.1, 0.15) is 11.0 Å². The number of hydrogen-bond acceptors (Lipinski definition) is 3. The first kappa shape index (κ1) is 15.3. The summed E-state index contributed by atoms with van der Waals surface area (Å²) >= 11 is 8.40. The predicted molar refractivity (Wildman–Crippen MR) is 88.9 cm³/mol. The Balaban J connectivity index is 2.04. The molecule has 2 rings (SSSR count). The number of benzene rings is 1. The number of carbonyl (C=O) groups is 1. The topological polar surface area (TPSA) is 58.4 Å². The summed E-state index contributed by atoms with van der Waals surface area (Å²) in [5.41, 5.74) is 7.28. The number of halogens is 1. The van der Waals surface area contributed by atoms with Gasteiger partial charge in [-0.25, -0.2) is 0 Å². The van der Waals surface area contributed by atoms with Crippen molar-refractivity contribution in [3.63, 3.8) is 0 Å². The molecule has 0 aromatic heterocycles. The zero-order chi connectivity index (χ0) is 14.7. The second-order valence-electron chi connectivity index (χ2n) is 4.96. The summed E-state index contributed by atoms with van der Waals surface area (Å²) in [6.07, 6.45) is 2.21. The molecule has 0 bridgehead atoms. The van der Waals surface area contributed by atoms with Gasteiger partial charge in [0.25, 0.3) is 0 Å². The standard InChI is InChI=1S/C14H18BrN3OS/c1-9(14(19)18-6-2-3-7-18)17-10-4-5-11(13(16)20)12(15)8-10/h4-5,8-9,17H,2-3,6-7H2,1H3,(H2,16,20). The summed E-state index contributed by atoms with van der Waals surface area (Å²) in [7, 11) is 0. The second-order valence-corrected chi connectivity index (χ2v) is 6.25. The summed E-state index contributed by atoms with van der Waals surface area (Å²) in [5.74, 6) is 0.150. The quantitative estimate of drug-likeness (QED) is 0.814. The molecule has 1 amide bonds. The third kappa shape index (κ3) is 3.49. The summed E-state index contributed by atoms with van der Waals surface area (Å²) in [5, 5.41) is 3.22. The number of carbonyl (C=O) groups excluding carboxylic acids is 1. The molecule has 0 spiro atoms. The highest BCUT2D eigenvalue weighted by Gasteiger charge is 2.23. The third-order valence-electron chi connectivity index (χ3n) is 3.41. The lowest BCUT2D eigenvalue weighted by Gasteiger charge is -2.22. The van der Waals surface area contributed by atoms with Gasteiger partial charge in [-0.1, -0.05) is 12.2 Å². The molecule has 1 unspecified atom stereocenters. The van der Waals surface area contributed by atoms with Gasteiger partial charge in [-0.15, -0.1) is 0 Å². The number of amides is 1. The van der Waals surface area contributed by atoms with Crippen LogP contribution < -0.4 is 11.1 Å². The largest absolute Gasteiger partial charge is 0.389 e. The van der Waals surface area contributed by atoms with Gasteiger partial charge < -0.3 is 16.0 Å². The minimum Gasteiger partial charge on any atom is -0.389 e. The molecule has 6 heteroatoms. The van der Waals surface area contributed by atoms with Crippen LogP contribution in [0, 0.1) is 0 Å². The van der Waals surface area contributed by atoms with E-state index < -0.39 is 0 Å². The molecule has 1 aliphatic heterocycles. The fourth-order valence-electron chi connectivity index (χ4n) is 2.33. The number of rotatable bonds is 4. The fourth-order valence-corrected chi connectivity index (χ4v) is 3.23. The van der Waals surface area contributed by atoms with Crippen LogP contribution in [0.4, 0.5) is 5.69 Å². The Morgan fingerprint density at radius 2 is 2.10 bits per heavy atom. The molecule has 0 radical (unpaired) electrons. The average molecular weight is 356 g/mol. The number of nitrogens with zero attached hydrogens (tertiary/aromatic N) is 1. The monoisotopic (exact) mass is 355 g/mol. The zero-order valence-electron chi connectivity index (χ0n) is 11.4. The lowest BCUT2D eigenvalue weighted by molar-refractivity contribution is -0.130. The van der Waals surface area contributed by atoms with Gasteiger partial charge in [0.15, 0.2) is 0 Å². The second kappa shape index (κ2) is 6.54. The number of likely N-dealkylation sites (tertiary alicyclic amines) is 1. The van der Waals surface area contributed by atoms with Crippen LogP contribution in [-0.4, -0.2) is 34.9 Å². The normalized spacial score (nSPS) is 16.0. The van der Waals surface area contributed by atoms with Gasteiger partial charge in [0.2, 0.25) is 5.91 Å². The summed E-state index contributed by atoms with van der Waals surface area (Å²) in [6, 6.07) is 5.38. The van der Waals surface area contributed by atoms with Crippen LogP contribution in [0.25, 0.3) is 0 Å². The summed E-state index contributed by atoms with van der Waals surface area (Å²) in [4.78, 5) is 14.5. The third-order valence-corrected chi connectivity index (χ3v) is 4.28.